The fraction of sp³-hybridized carbons (Fsp3) is 0.588. The van der Waals surface area contributed by atoms with Crippen molar-refractivity contribution in [3.8, 4) is 11.8 Å². The molecular weight excluding hydrogens is 314 g/mol. The number of nitrogens with zero attached hydrogens (tertiary/aromatic N) is 1. The zero-order valence-electron chi connectivity index (χ0n) is 11.8. The summed E-state index contributed by atoms with van der Waals surface area (Å²) in [5.41, 5.74) is 2.32. The van der Waals surface area contributed by atoms with E-state index in [2.05, 4.69) is 34.1 Å². The summed E-state index contributed by atoms with van der Waals surface area (Å²) in [5, 5.41) is 9.74. The van der Waals surface area contributed by atoms with Gasteiger partial charge in [-0.1, -0.05) is 41.6 Å². The minimum Gasteiger partial charge on any atom is -0.493 e. The molecule has 0 atom stereocenters. The van der Waals surface area contributed by atoms with Gasteiger partial charge >= 0.3 is 0 Å². The average molecular weight is 334 g/mol. The molecule has 1 aliphatic heterocycles. The Kier molecular flexibility index (Phi) is 4.03. The molecule has 1 aliphatic carbocycles. The van der Waals surface area contributed by atoms with Crippen molar-refractivity contribution in [1.29, 1.82) is 5.26 Å². The first-order chi connectivity index (χ1) is 9.72. The second kappa shape index (κ2) is 5.77. The molecule has 3 heteroatoms. The predicted molar refractivity (Wildman–Crippen MR) is 82.8 cm³/mol. The molecule has 0 aromatic heterocycles. The lowest BCUT2D eigenvalue weighted by molar-refractivity contribution is 0.321. The highest BCUT2D eigenvalue weighted by molar-refractivity contribution is 9.10. The Labute approximate surface area is 129 Å². The maximum Gasteiger partial charge on any atom is 0.125 e. The van der Waals surface area contributed by atoms with E-state index in [9.17, 15) is 5.26 Å². The summed E-state index contributed by atoms with van der Waals surface area (Å²) in [6.45, 7) is 0.776. The highest BCUT2D eigenvalue weighted by Gasteiger charge is 2.33. The number of fused-ring (bicyclic) bond motifs is 1. The van der Waals surface area contributed by atoms with E-state index in [-0.39, 0.29) is 5.41 Å². The Bertz CT molecular complexity index is 539. The molecule has 0 unspecified atom stereocenters. The van der Waals surface area contributed by atoms with Gasteiger partial charge in [0, 0.05) is 10.9 Å². The first-order valence-corrected chi connectivity index (χ1v) is 8.37. The molecule has 1 fully saturated rings. The molecule has 1 aromatic carbocycles. The van der Waals surface area contributed by atoms with Crippen LogP contribution in [-0.2, 0) is 12.8 Å². The van der Waals surface area contributed by atoms with Crippen molar-refractivity contribution in [3.05, 3.63) is 27.7 Å². The van der Waals surface area contributed by atoms with Gasteiger partial charge in [-0.15, -0.1) is 0 Å². The summed E-state index contributed by atoms with van der Waals surface area (Å²) < 4.78 is 6.93. The Morgan fingerprint density at radius 3 is 2.65 bits per heavy atom. The van der Waals surface area contributed by atoms with Crippen LogP contribution in [0.25, 0.3) is 0 Å². The lowest BCUT2D eigenvalue weighted by Crippen LogP contribution is -2.21. The van der Waals surface area contributed by atoms with Crippen molar-refractivity contribution in [2.75, 3.05) is 6.61 Å². The zero-order valence-corrected chi connectivity index (χ0v) is 13.3. The SMILES string of the molecule is N#CC1(Cc2cc(Br)cc3c2OCC3)CCCCCC1. The Balaban J connectivity index is 1.92. The molecule has 2 nitrogen and oxygen atoms in total. The monoisotopic (exact) mass is 333 g/mol. The van der Waals surface area contributed by atoms with E-state index >= 15 is 0 Å². The number of hydrogen-bond acceptors (Lipinski definition) is 2. The van der Waals surface area contributed by atoms with E-state index in [1.165, 1.54) is 36.8 Å². The van der Waals surface area contributed by atoms with Gasteiger partial charge in [-0.05, 0) is 42.5 Å². The standard InChI is InChI=1S/C17H20BrNO/c18-15-9-13-5-8-20-16(13)14(10-15)11-17(12-19)6-3-1-2-4-7-17/h9-10H,1-8,11H2. The fourth-order valence-corrected chi connectivity index (χ4v) is 4.13. The molecule has 1 saturated carbocycles. The molecular formula is C17H20BrNO. The number of ether oxygens (including phenoxy) is 1. The van der Waals surface area contributed by atoms with E-state index in [4.69, 9.17) is 4.74 Å². The van der Waals surface area contributed by atoms with Crippen molar-refractivity contribution in [3.63, 3.8) is 0 Å². The maximum atomic E-state index is 9.74. The third-order valence-electron chi connectivity index (χ3n) is 4.65. The summed E-state index contributed by atoms with van der Waals surface area (Å²) in [6.07, 6.45) is 8.81. The average Bonchev–Trinajstić information content (AvgIpc) is 2.78. The summed E-state index contributed by atoms with van der Waals surface area (Å²) in [6, 6.07) is 6.94. The Hall–Kier alpha value is -1.01. The molecule has 1 aromatic rings. The van der Waals surface area contributed by atoms with E-state index < -0.39 is 0 Å². The smallest absolute Gasteiger partial charge is 0.125 e. The minimum atomic E-state index is -0.184. The van der Waals surface area contributed by atoms with Crippen molar-refractivity contribution in [1.82, 2.24) is 0 Å². The van der Waals surface area contributed by atoms with Gasteiger partial charge in [0.1, 0.15) is 5.75 Å². The number of nitriles is 1. The third kappa shape index (κ3) is 2.72. The highest BCUT2D eigenvalue weighted by atomic mass is 79.9. The summed E-state index contributed by atoms with van der Waals surface area (Å²) >= 11 is 3.60. The summed E-state index contributed by atoms with van der Waals surface area (Å²) in [4.78, 5) is 0. The molecule has 2 aliphatic rings. The van der Waals surface area contributed by atoms with Crippen molar-refractivity contribution in [2.45, 2.75) is 51.4 Å². The molecule has 0 amide bonds. The van der Waals surface area contributed by atoms with Crippen molar-refractivity contribution >= 4 is 15.9 Å². The first-order valence-electron chi connectivity index (χ1n) is 7.58. The van der Waals surface area contributed by atoms with Gasteiger partial charge in [-0.2, -0.15) is 5.26 Å². The summed E-state index contributed by atoms with van der Waals surface area (Å²) in [5.74, 6) is 1.05. The van der Waals surface area contributed by atoms with Crippen LogP contribution >= 0.6 is 15.9 Å². The highest BCUT2D eigenvalue weighted by Crippen LogP contribution is 2.42. The molecule has 1 heterocycles. The molecule has 20 heavy (non-hydrogen) atoms. The minimum absolute atomic E-state index is 0.184. The van der Waals surface area contributed by atoms with E-state index in [1.807, 2.05) is 0 Å². The Morgan fingerprint density at radius 1 is 1.20 bits per heavy atom. The van der Waals surface area contributed by atoms with Gasteiger partial charge in [-0.25, -0.2) is 0 Å². The predicted octanol–water partition coefficient (Wildman–Crippen LogP) is 4.79. The molecule has 106 valence electrons. The van der Waals surface area contributed by atoms with Crippen LogP contribution in [0.1, 0.15) is 49.7 Å². The van der Waals surface area contributed by atoms with E-state index in [0.717, 1.165) is 42.5 Å². The molecule has 0 radical (unpaired) electrons. The van der Waals surface area contributed by atoms with Crippen LogP contribution in [0.15, 0.2) is 16.6 Å². The second-order valence-electron chi connectivity index (χ2n) is 6.13. The lowest BCUT2D eigenvalue weighted by atomic mass is 9.76. The van der Waals surface area contributed by atoms with Crippen LogP contribution in [0.5, 0.6) is 5.75 Å². The van der Waals surface area contributed by atoms with Gasteiger partial charge in [0.05, 0.1) is 18.1 Å². The summed E-state index contributed by atoms with van der Waals surface area (Å²) in [7, 11) is 0. The molecule has 0 saturated heterocycles. The van der Waals surface area contributed by atoms with Gasteiger partial charge in [-0.3, -0.25) is 0 Å². The Morgan fingerprint density at radius 2 is 1.95 bits per heavy atom. The quantitative estimate of drug-likeness (QED) is 0.729. The second-order valence-corrected chi connectivity index (χ2v) is 7.05. The largest absolute Gasteiger partial charge is 0.493 e. The van der Waals surface area contributed by atoms with Crippen molar-refractivity contribution in [2.24, 2.45) is 5.41 Å². The number of rotatable bonds is 2. The number of hydrogen-bond donors (Lipinski definition) is 0. The van der Waals surface area contributed by atoms with Gasteiger partial charge in [0.2, 0.25) is 0 Å². The number of halogens is 1. The maximum absolute atomic E-state index is 9.74. The van der Waals surface area contributed by atoms with Crippen LogP contribution in [0.4, 0.5) is 0 Å². The van der Waals surface area contributed by atoms with Gasteiger partial charge in [0.25, 0.3) is 0 Å². The molecule has 0 bridgehead atoms. The zero-order chi connectivity index (χ0) is 14.0. The third-order valence-corrected chi connectivity index (χ3v) is 5.11. The first kappa shape index (κ1) is 13.9. The number of benzene rings is 1. The normalized spacial score (nSPS) is 20.6. The van der Waals surface area contributed by atoms with Crippen LogP contribution in [0, 0.1) is 16.7 Å². The van der Waals surface area contributed by atoms with Crippen LogP contribution in [0.2, 0.25) is 0 Å². The van der Waals surface area contributed by atoms with Gasteiger partial charge in [0.15, 0.2) is 0 Å². The lowest BCUT2D eigenvalue weighted by Gasteiger charge is -2.25. The topological polar surface area (TPSA) is 33.0 Å². The van der Waals surface area contributed by atoms with Crippen molar-refractivity contribution < 1.29 is 4.74 Å². The molecule has 0 N–H and O–H groups in total. The van der Waals surface area contributed by atoms with Crippen LogP contribution in [0.3, 0.4) is 0 Å². The van der Waals surface area contributed by atoms with E-state index in [0.29, 0.717) is 0 Å². The van der Waals surface area contributed by atoms with Gasteiger partial charge < -0.3 is 4.74 Å². The van der Waals surface area contributed by atoms with Crippen LogP contribution < -0.4 is 4.74 Å². The molecule has 0 spiro atoms. The van der Waals surface area contributed by atoms with Crippen LogP contribution in [-0.4, -0.2) is 6.61 Å². The molecule has 3 rings (SSSR count). The van der Waals surface area contributed by atoms with E-state index in [1.54, 1.807) is 0 Å². The fourth-order valence-electron chi connectivity index (χ4n) is 3.58.